The Morgan fingerprint density at radius 3 is 2.44 bits per heavy atom. The van der Waals surface area contributed by atoms with E-state index < -0.39 is 0 Å². The van der Waals surface area contributed by atoms with Crippen LogP contribution in [0.1, 0.15) is 0 Å². The molecule has 0 amide bonds. The van der Waals surface area contributed by atoms with Crippen molar-refractivity contribution >= 4 is 16.5 Å². The fraction of sp³-hybridized carbons (Fsp3) is 0. The largest absolute Gasteiger partial charge is 0.507 e. The van der Waals surface area contributed by atoms with Crippen LogP contribution in [0.5, 0.6) is 5.75 Å². The molecule has 0 aliphatic rings. The molecule has 0 unspecified atom stereocenters. The summed E-state index contributed by atoms with van der Waals surface area (Å²) in [4.78, 5) is 0. The minimum atomic E-state index is 0.251. The molecule has 3 rings (SSSR count). The standard InChI is InChI=1S/C16H13NO/c17-12-8-9-16(18)15(10-12)14-7-3-5-11-4-1-2-6-13(11)14/h1-10,18H,17H2. The fourth-order valence-corrected chi connectivity index (χ4v) is 2.23. The number of hydrogen-bond donors (Lipinski definition) is 2. The number of nitrogens with two attached hydrogens (primary N) is 1. The molecule has 0 aromatic heterocycles. The van der Waals surface area contributed by atoms with E-state index in [1.807, 2.05) is 30.3 Å². The smallest absolute Gasteiger partial charge is 0.123 e. The lowest BCUT2D eigenvalue weighted by Crippen LogP contribution is -1.87. The molecule has 18 heavy (non-hydrogen) atoms. The van der Waals surface area contributed by atoms with E-state index in [0.717, 1.165) is 21.9 Å². The number of phenolic OH excluding ortho intramolecular Hbond substituents is 1. The molecule has 3 aromatic rings. The Kier molecular flexibility index (Phi) is 2.41. The van der Waals surface area contributed by atoms with Gasteiger partial charge in [0.2, 0.25) is 0 Å². The van der Waals surface area contributed by atoms with Crippen molar-refractivity contribution in [1.29, 1.82) is 0 Å². The SMILES string of the molecule is Nc1ccc(O)c(-c2cccc3ccccc23)c1. The zero-order valence-corrected chi connectivity index (χ0v) is 9.80. The molecule has 0 bridgehead atoms. The van der Waals surface area contributed by atoms with Crippen LogP contribution in [-0.4, -0.2) is 5.11 Å². The highest BCUT2D eigenvalue weighted by Crippen LogP contribution is 2.35. The van der Waals surface area contributed by atoms with E-state index in [2.05, 4.69) is 12.1 Å². The second-order valence-corrected chi connectivity index (χ2v) is 4.30. The maximum Gasteiger partial charge on any atom is 0.123 e. The van der Waals surface area contributed by atoms with Crippen LogP contribution in [0.15, 0.2) is 60.7 Å². The molecule has 0 fully saturated rings. The minimum absolute atomic E-state index is 0.251. The van der Waals surface area contributed by atoms with E-state index in [1.165, 1.54) is 0 Å². The van der Waals surface area contributed by atoms with Crippen LogP contribution in [0.3, 0.4) is 0 Å². The van der Waals surface area contributed by atoms with Crippen molar-refractivity contribution in [2.75, 3.05) is 5.73 Å². The van der Waals surface area contributed by atoms with E-state index in [4.69, 9.17) is 5.73 Å². The molecule has 0 saturated carbocycles. The summed E-state index contributed by atoms with van der Waals surface area (Å²) in [7, 11) is 0. The first-order valence-corrected chi connectivity index (χ1v) is 5.82. The van der Waals surface area contributed by atoms with Crippen molar-refractivity contribution in [3.63, 3.8) is 0 Å². The van der Waals surface area contributed by atoms with Crippen LogP contribution >= 0.6 is 0 Å². The zero-order chi connectivity index (χ0) is 12.5. The minimum Gasteiger partial charge on any atom is -0.507 e. The van der Waals surface area contributed by atoms with Gasteiger partial charge in [0.15, 0.2) is 0 Å². The third-order valence-corrected chi connectivity index (χ3v) is 3.10. The molecule has 3 aromatic carbocycles. The van der Waals surface area contributed by atoms with E-state index in [9.17, 15) is 5.11 Å². The second-order valence-electron chi connectivity index (χ2n) is 4.30. The maximum absolute atomic E-state index is 9.99. The highest BCUT2D eigenvalue weighted by atomic mass is 16.3. The average molecular weight is 235 g/mol. The first-order valence-electron chi connectivity index (χ1n) is 5.82. The third-order valence-electron chi connectivity index (χ3n) is 3.10. The van der Waals surface area contributed by atoms with Gasteiger partial charge in [0, 0.05) is 11.3 Å². The number of hydrogen-bond acceptors (Lipinski definition) is 2. The van der Waals surface area contributed by atoms with Gasteiger partial charge in [0.1, 0.15) is 5.75 Å². The molecule has 3 N–H and O–H groups in total. The van der Waals surface area contributed by atoms with Crippen LogP contribution < -0.4 is 5.73 Å². The predicted octanol–water partition coefficient (Wildman–Crippen LogP) is 3.79. The number of aromatic hydroxyl groups is 1. The third kappa shape index (κ3) is 1.68. The first kappa shape index (κ1) is 10.7. The van der Waals surface area contributed by atoms with E-state index >= 15 is 0 Å². The molecule has 2 nitrogen and oxygen atoms in total. The second kappa shape index (κ2) is 4.08. The topological polar surface area (TPSA) is 46.2 Å². The Bertz CT molecular complexity index is 714. The average Bonchev–Trinajstić information content (AvgIpc) is 2.41. The molecule has 2 heteroatoms. The molecule has 0 aliphatic carbocycles. The van der Waals surface area contributed by atoms with Crippen LogP contribution in [0.25, 0.3) is 21.9 Å². The molecular formula is C16H13NO. The van der Waals surface area contributed by atoms with E-state index in [-0.39, 0.29) is 5.75 Å². The fourth-order valence-electron chi connectivity index (χ4n) is 2.23. The first-order chi connectivity index (χ1) is 8.75. The van der Waals surface area contributed by atoms with E-state index in [0.29, 0.717) is 5.69 Å². The lowest BCUT2D eigenvalue weighted by molar-refractivity contribution is 0.477. The van der Waals surface area contributed by atoms with Crippen molar-refractivity contribution < 1.29 is 5.11 Å². The predicted molar refractivity (Wildman–Crippen MR) is 75.5 cm³/mol. The summed E-state index contributed by atoms with van der Waals surface area (Å²) in [5, 5.41) is 12.3. The molecule has 0 aliphatic heterocycles. The van der Waals surface area contributed by atoms with Crippen molar-refractivity contribution in [1.82, 2.24) is 0 Å². The molecule has 0 saturated heterocycles. The van der Waals surface area contributed by atoms with Crippen LogP contribution in [0, 0.1) is 0 Å². The Hall–Kier alpha value is -2.48. The quantitative estimate of drug-likeness (QED) is 0.498. The van der Waals surface area contributed by atoms with Gasteiger partial charge in [-0.1, -0.05) is 42.5 Å². The summed E-state index contributed by atoms with van der Waals surface area (Å²) < 4.78 is 0. The molecule has 0 heterocycles. The normalized spacial score (nSPS) is 10.7. The van der Waals surface area contributed by atoms with Gasteiger partial charge in [-0.2, -0.15) is 0 Å². The number of nitrogen functional groups attached to an aromatic ring is 1. The Balaban J connectivity index is 2.35. The van der Waals surface area contributed by atoms with Gasteiger partial charge < -0.3 is 10.8 Å². The van der Waals surface area contributed by atoms with Crippen molar-refractivity contribution in [2.45, 2.75) is 0 Å². The van der Waals surface area contributed by atoms with E-state index in [1.54, 1.807) is 18.2 Å². The summed E-state index contributed by atoms with van der Waals surface area (Å²) >= 11 is 0. The molecule has 0 radical (unpaired) electrons. The van der Waals surface area contributed by atoms with Gasteiger partial charge in [-0.25, -0.2) is 0 Å². The number of benzene rings is 3. The monoisotopic (exact) mass is 235 g/mol. The summed E-state index contributed by atoms with van der Waals surface area (Å²) in [5.74, 6) is 0.251. The molecular weight excluding hydrogens is 222 g/mol. The van der Waals surface area contributed by atoms with Gasteiger partial charge in [-0.3, -0.25) is 0 Å². The van der Waals surface area contributed by atoms with Gasteiger partial charge in [0.25, 0.3) is 0 Å². The molecule has 0 atom stereocenters. The Morgan fingerprint density at radius 2 is 1.56 bits per heavy atom. The molecule has 88 valence electrons. The van der Waals surface area contributed by atoms with Gasteiger partial charge in [0.05, 0.1) is 0 Å². The highest BCUT2D eigenvalue weighted by Gasteiger charge is 2.08. The number of phenols is 1. The Morgan fingerprint density at radius 1 is 0.778 bits per heavy atom. The van der Waals surface area contributed by atoms with Gasteiger partial charge >= 0.3 is 0 Å². The Labute approximate surface area is 105 Å². The summed E-state index contributed by atoms with van der Waals surface area (Å²) in [6, 6.07) is 19.3. The maximum atomic E-state index is 9.99. The van der Waals surface area contributed by atoms with Gasteiger partial charge in [-0.05, 0) is 34.5 Å². The molecule has 0 spiro atoms. The number of fused-ring (bicyclic) bond motifs is 1. The summed E-state index contributed by atoms with van der Waals surface area (Å²) in [5.41, 5.74) is 8.21. The zero-order valence-electron chi connectivity index (χ0n) is 9.80. The lowest BCUT2D eigenvalue weighted by atomic mass is 9.97. The van der Waals surface area contributed by atoms with Crippen LogP contribution in [0.4, 0.5) is 5.69 Å². The van der Waals surface area contributed by atoms with Crippen molar-refractivity contribution in [3.8, 4) is 16.9 Å². The number of anilines is 1. The lowest BCUT2D eigenvalue weighted by Gasteiger charge is -2.09. The highest BCUT2D eigenvalue weighted by molar-refractivity contribution is 5.98. The van der Waals surface area contributed by atoms with Crippen LogP contribution in [-0.2, 0) is 0 Å². The van der Waals surface area contributed by atoms with Gasteiger partial charge in [-0.15, -0.1) is 0 Å². The summed E-state index contributed by atoms with van der Waals surface area (Å²) in [6.45, 7) is 0. The van der Waals surface area contributed by atoms with Crippen molar-refractivity contribution in [3.05, 3.63) is 60.7 Å². The summed E-state index contributed by atoms with van der Waals surface area (Å²) in [6.07, 6.45) is 0. The van der Waals surface area contributed by atoms with Crippen molar-refractivity contribution in [2.24, 2.45) is 0 Å². The van der Waals surface area contributed by atoms with Crippen LogP contribution in [0.2, 0.25) is 0 Å². The number of rotatable bonds is 1.